The quantitative estimate of drug-likeness (QED) is 0.688. The zero-order chi connectivity index (χ0) is 15.1. The maximum Gasteiger partial charge on any atom is 0.184 e. The lowest BCUT2D eigenvalue weighted by Crippen LogP contribution is -2.01. The highest BCUT2D eigenvalue weighted by Gasteiger charge is 2.13. The van der Waals surface area contributed by atoms with Crippen LogP contribution in [0.2, 0.25) is 0 Å². The van der Waals surface area contributed by atoms with Gasteiger partial charge in [-0.2, -0.15) is 0 Å². The fourth-order valence-corrected chi connectivity index (χ4v) is 1.90. The van der Waals surface area contributed by atoms with Crippen LogP contribution in [-0.4, -0.2) is 10.9 Å². The summed E-state index contributed by atoms with van der Waals surface area (Å²) in [6, 6.07) is 11.6. The third-order valence-electron chi connectivity index (χ3n) is 3.15. The second-order valence-corrected chi connectivity index (χ2v) is 5.51. The number of benzene rings is 1. The minimum Gasteiger partial charge on any atom is -0.369 e. The van der Waals surface area contributed by atoms with E-state index in [1.54, 1.807) is 6.07 Å². The number of hydrogen-bond acceptors (Lipinski definition) is 4. The van der Waals surface area contributed by atoms with Gasteiger partial charge in [-0.3, -0.25) is 4.79 Å². The van der Waals surface area contributed by atoms with Crippen LogP contribution in [-0.2, 0) is 18.0 Å². The highest BCUT2D eigenvalue weighted by Crippen LogP contribution is 2.12. The Morgan fingerprint density at radius 2 is 2.00 bits per heavy atom. The van der Waals surface area contributed by atoms with Gasteiger partial charge in [-0.15, -0.1) is 0 Å². The normalized spacial score (nSPS) is 11.0. The van der Waals surface area contributed by atoms with Gasteiger partial charge in [0.15, 0.2) is 11.5 Å². The van der Waals surface area contributed by atoms with E-state index in [-0.39, 0.29) is 5.78 Å². The van der Waals surface area contributed by atoms with Crippen molar-refractivity contribution in [3.8, 4) is 0 Å². The molecule has 1 heterocycles. The number of ether oxygens (including phenoxy) is 1. The predicted octanol–water partition coefficient (Wildman–Crippen LogP) is 4.01. The van der Waals surface area contributed by atoms with Gasteiger partial charge in [-0.1, -0.05) is 49.3 Å². The molecular weight excluding hydrogens is 266 g/mol. The lowest BCUT2D eigenvalue weighted by atomic mass is 10.0. The zero-order valence-corrected chi connectivity index (χ0v) is 12.5. The Bertz CT molecular complexity index is 560. The van der Waals surface area contributed by atoms with Gasteiger partial charge in [0.25, 0.3) is 0 Å². The second-order valence-electron chi connectivity index (χ2n) is 5.51. The molecule has 4 heteroatoms. The molecule has 0 aliphatic carbocycles. The topological polar surface area (TPSA) is 52.3 Å². The summed E-state index contributed by atoms with van der Waals surface area (Å²) in [7, 11) is 0. The zero-order valence-electron chi connectivity index (χ0n) is 12.5. The molecule has 0 atom stereocenters. The first-order valence-corrected chi connectivity index (χ1v) is 7.25. The Kier molecular flexibility index (Phi) is 5.69. The Hall–Kier alpha value is -1.94. The molecule has 1 aromatic carbocycles. The van der Waals surface area contributed by atoms with Crippen LogP contribution in [0.5, 0.6) is 0 Å². The van der Waals surface area contributed by atoms with Gasteiger partial charge >= 0.3 is 0 Å². The van der Waals surface area contributed by atoms with E-state index >= 15 is 0 Å². The van der Waals surface area contributed by atoms with Crippen LogP contribution in [0.1, 0.15) is 48.5 Å². The van der Waals surface area contributed by atoms with Gasteiger partial charge in [0.1, 0.15) is 12.3 Å². The smallest absolute Gasteiger partial charge is 0.184 e. The van der Waals surface area contributed by atoms with Crippen LogP contribution >= 0.6 is 0 Å². The number of Topliss-reactive ketones (excluding diaryl/α,β-unsaturated/α-hetero) is 1. The van der Waals surface area contributed by atoms with Crippen molar-refractivity contribution < 1.29 is 14.1 Å². The number of hydrogen-bond donors (Lipinski definition) is 0. The summed E-state index contributed by atoms with van der Waals surface area (Å²) in [5.74, 6) is 1.12. The molecule has 0 spiro atoms. The van der Waals surface area contributed by atoms with Crippen LogP contribution in [0.25, 0.3) is 0 Å². The fourth-order valence-electron chi connectivity index (χ4n) is 1.90. The highest BCUT2D eigenvalue weighted by molar-refractivity contribution is 5.94. The van der Waals surface area contributed by atoms with Gasteiger partial charge < -0.3 is 9.26 Å². The number of carbonyl (C=O) groups excluding carboxylic acids is 1. The highest BCUT2D eigenvalue weighted by atomic mass is 16.5. The van der Waals surface area contributed by atoms with Crippen LogP contribution in [0.3, 0.4) is 0 Å². The summed E-state index contributed by atoms with van der Waals surface area (Å²) < 4.78 is 10.7. The molecule has 0 bridgehead atoms. The van der Waals surface area contributed by atoms with E-state index in [1.807, 2.05) is 30.3 Å². The van der Waals surface area contributed by atoms with Crippen molar-refractivity contribution in [2.45, 2.75) is 39.9 Å². The number of carbonyl (C=O) groups is 1. The Balaban J connectivity index is 1.79. The first-order chi connectivity index (χ1) is 10.1. The van der Waals surface area contributed by atoms with Gasteiger partial charge in [0.05, 0.1) is 6.61 Å². The van der Waals surface area contributed by atoms with Gasteiger partial charge in [0, 0.05) is 12.5 Å². The minimum absolute atomic E-state index is 0.0294. The van der Waals surface area contributed by atoms with Crippen LogP contribution in [0, 0.1) is 5.92 Å². The maximum absolute atomic E-state index is 11.9. The Labute approximate surface area is 125 Å². The van der Waals surface area contributed by atoms with Crippen molar-refractivity contribution in [1.29, 1.82) is 0 Å². The van der Waals surface area contributed by atoms with Gasteiger partial charge in [-0.25, -0.2) is 0 Å². The summed E-state index contributed by atoms with van der Waals surface area (Å²) in [5, 5.41) is 3.82. The van der Waals surface area contributed by atoms with Crippen molar-refractivity contribution >= 4 is 5.78 Å². The molecule has 0 saturated heterocycles. The van der Waals surface area contributed by atoms with Crippen LogP contribution in [0.15, 0.2) is 40.9 Å². The average molecular weight is 287 g/mol. The molecule has 0 aliphatic heterocycles. The molecule has 2 rings (SSSR count). The third kappa shape index (κ3) is 5.16. The number of rotatable bonds is 8. The minimum atomic E-state index is 0.0294. The van der Waals surface area contributed by atoms with Crippen molar-refractivity contribution in [3.05, 3.63) is 53.4 Å². The molecule has 0 saturated carbocycles. The van der Waals surface area contributed by atoms with E-state index in [2.05, 4.69) is 19.0 Å². The van der Waals surface area contributed by atoms with Crippen molar-refractivity contribution in [2.24, 2.45) is 5.92 Å². The summed E-state index contributed by atoms with van der Waals surface area (Å²) >= 11 is 0. The van der Waals surface area contributed by atoms with E-state index in [0.29, 0.717) is 37.0 Å². The third-order valence-corrected chi connectivity index (χ3v) is 3.15. The lowest BCUT2D eigenvalue weighted by Gasteiger charge is -2.01. The van der Waals surface area contributed by atoms with E-state index < -0.39 is 0 Å². The molecular formula is C17H21NO3. The standard InChI is InChI=1S/C17H21NO3/c1-13(2)8-9-17(19)16-10-15(21-18-16)12-20-11-14-6-4-3-5-7-14/h3-7,10,13H,8-9,11-12H2,1-2H3. The number of aromatic nitrogens is 1. The molecule has 1 aromatic heterocycles. The molecule has 112 valence electrons. The molecule has 21 heavy (non-hydrogen) atoms. The molecule has 4 nitrogen and oxygen atoms in total. The Morgan fingerprint density at radius 3 is 2.71 bits per heavy atom. The van der Waals surface area contributed by atoms with Crippen molar-refractivity contribution in [2.75, 3.05) is 0 Å². The molecule has 0 fully saturated rings. The van der Waals surface area contributed by atoms with Crippen molar-refractivity contribution in [1.82, 2.24) is 5.16 Å². The molecule has 0 radical (unpaired) electrons. The average Bonchev–Trinajstić information content (AvgIpc) is 2.95. The fraction of sp³-hybridized carbons (Fsp3) is 0.412. The SMILES string of the molecule is CC(C)CCC(=O)c1cc(COCc2ccccc2)on1. The molecule has 0 N–H and O–H groups in total. The van der Waals surface area contributed by atoms with Crippen molar-refractivity contribution in [3.63, 3.8) is 0 Å². The van der Waals surface area contributed by atoms with E-state index in [9.17, 15) is 4.79 Å². The van der Waals surface area contributed by atoms with Crippen LogP contribution in [0.4, 0.5) is 0 Å². The molecule has 0 unspecified atom stereocenters. The van der Waals surface area contributed by atoms with Crippen LogP contribution < -0.4 is 0 Å². The summed E-state index contributed by atoms with van der Waals surface area (Å²) in [4.78, 5) is 11.9. The molecule has 0 aliphatic rings. The summed E-state index contributed by atoms with van der Waals surface area (Å²) in [6.45, 7) is 5.02. The Morgan fingerprint density at radius 1 is 1.24 bits per heavy atom. The first kappa shape index (κ1) is 15.4. The summed E-state index contributed by atoms with van der Waals surface area (Å²) in [6.07, 6.45) is 1.38. The number of nitrogens with zero attached hydrogens (tertiary/aromatic N) is 1. The van der Waals surface area contributed by atoms with Gasteiger partial charge in [0.2, 0.25) is 0 Å². The van der Waals surface area contributed by atoms with E-state index in [1.165, 1.54) is 0 Å². The molecule has 2 aromatic rings. The van der Waals surface area contributed by atoms with Gasteiger partial charge in [-0.05, 0) is 17.9 Å². The maximum atomic E-state index is 11.9. The van der Waals surface area contributed by atoms with E-state index in [0.717, 1.165) is 12.0 Å². The number of ketones is 1. The lowest BCUT2D eigenvalue weighted by molar-refractivity contribution is 0.0879. The summed E-state index contributed by atoms with van der Waals surface area (Å²) in [5.41, 5.74) is 1.50. The van der Waals surface area contributed by atoms with E-state index in [4.69, 9.17) is 9.26 Å². The predicted molar refractivity (Wildman–Crippen MR) is 79.8 cm³/mol. The largest absolute Gasteiger partial charge is 0.369 e. The molecule has 0 amide bonds. The monoisotopic (exact) mass is 287 g/mol. The first-order valence-electron chi connectivity index (χ1n) is 7.25. The second kappa shape index (κ2) is 7.74.